The molecular weight excluding hydrogens is 280 g/mol. The van der Waals surface area contributed by atoms with Gasteiger partial charge in [-0.2, -0.15) is 0 Å². The first kappa shape index (κ1) is 14.0. The van der Waals surface area contributed by atoms with E-state index in [0.717, 1.165) is 29.7 Å². The molecule has 0 unspecified atom stereocenters. The van der Waals surface area contributed by atoms with Gasteiger partial charge in [-0.3, -0.25) is 0 Å². The number of halogens is 1. The number of rotatable bonds is 4. The third-order valence-corrected chi connectivity index (χ3v) is 3.55. The molecule has 2 aromatic rings. The molecule has 3 nitrogen and oxygen atoms in total. The van der Waals surface area contributed by atoms with Gasteiger partial charge in [-0.25, -0.2) is 4.98 Å². The van der Waals surface area contributed by atoms with Crippen molar-refractivity contribution in [3.8, 4) is 17.0 Å². The Kier molecular flexibility index (Phi) is 4.56. The van der Waals surface area contributed by atoms with Crippen molar-refractivity contribution >= 4 is 23.8 Å². The summed E-state index contributed by atoms with van der Waals surface area (Å²) in [7, 11) is 1.60. The first-order chi connectivity index (χ1) is 9.17. The highest BCUT2D eigenvalue weighted by atomic mass is 35.5. The van der Waals surface area contributed by atoms with Crippen molar-refractivity contribution in [1.82, 2.24) is 9.97 Å². The molecule has 1 N–H and O–H groups in total. The van der Waals surface area contributed by atoms with Gasteiger partial charge < -0.3 is 9.72 Å². The van der Waals surface area contributed by atoms with Crippen LogP contribution < -0.4 is 4.74 Å². The molecule has 0 saturated heterocycles. The van der Waals surface area contributed by atoms with Gasteiger partial charge in [-0.1, -0.05) is 43.2 Å². The van der Waals surface area contributed by atoms with E-state index in [1.807, 2.05) is 18.2 Å². The van der Waals surface area contributed by atoms with Crippen LogP contribution in [0.1, 0.15) is 18.9 Å². The Bertz CT molecular complexity index is 640. The first-order valence-electron chi connectivity index (χ1n) is 6.07. The lowest BCUT2D eigenvalue weighted by atomic mass is 10.0. The van der Waals surface area contributed by atoms with Gasteiger partial charge in [0, 0.05) is 11.1 Å². The fraction of sp³-hybridized carbons (Fsp3) is 0.286. The highest BCUT2D eigenvalue weighted by Gasteiger charge is 2.10. The quantitative estimate of drug-likeness (QED) is 0.848. The Morgan fingerprint density at radius 2 is 2.21 bits per heavy atom. The Hall–Kier alpha value is -1.39. The van der Waals surface area contributed by atoms with Crippen molar-refractivity contribution in [2.24, 2.45) is 0 Å². The zero-order valence-electron chi connectivity index (χ0n) is 10.9. The average Bonchev–Trinajstić information content (AvgIpc) is 2.42. The van der Waals surface area contributed by atoms with Gasteiger partial charge in [0.25, 0.3) is 0 Å². The molecule has 0 radical (unpaired) electrons. The summed E-state index contributed by atoms with van der Waals surface area (Å²) in [5, 5.41) is 0.593. The Labute approximate surface area is 122 Å². The lowest BCUT2D eigenvalue weighted by molar-refractivity contribution is 0.415. The number of H-pyrrole nitrogens is 1. The SMILES string of the molecule is CCCc1c(-c2ccc(Cl)c(OC)c2)[nH]cnc1=S. The number of methoxy groups -OCH3 is 1. The number of ether oxygens (including phenoxy) is 1. The van der Waals surface area contributed by atoms with Gasteiger partial charge in [0.1, 0.15) is 10.4 Å². The summed E-state index contributed by atoms with van der Waals surface area (Å²) in [4.78, 5) is 7.32. The smallest absolute Gasteiger partial charge is 0.138 e. The number of aromatic amines is 1. The van der Waals surface area contributed by atoms with Crippen molar-refractivity contribution in [3.05, 3.63) is 39.8 Å². The molecule has 5 heteroatoms. The summed E-state index contributed by atoms with van der Waals surface area (Å²) >= 11 is 11.4. The van der Waals surface area contributed by atoms with E-state index in [0.29, 0.717) is 15.4 Å². The fourth-order valence-corrected chi connectivity index (χ4v) is 2.43. The van der Waals surface area contributed by atoms with Crippen LogP contribution in [0.15, 0.2) is 24.5 Å². The monoisotopic (exact) mass is 294 g/mol. The predicted octanol–water partition coefficient (Wildman–Crippen LogP) is 4.42. The van der Waals surface area contributed by atoms with Gasteiger partial charge in [-0.05, 0) is 18.6 Å². The fourth-order valence-electron chi connectivity index (χ4n) is 1.98. The summed E-state index contributed by atoms with van der Waals surface area (Å²) in [5.74, 6) is 0.651. The summed E-state index contributed by atoms with van der Waals surface area (Å²) in [6.07, 6.45) is 3.53. The normalized spacial score (nSPS) is 10.5. The van der Waals surface area contributed by atoms with E-state index in [1.54, 1.807) is 13.4 Å². The van der Waals surface area contributed by atoms with Crippen LogP contribution in [-0.4, -0.2) is 17.1 Å². The molecule has 0 aliphatic carbocycles. The average molecular weight is 295 g/mol. The number of hydrogen-bond acceptors (Lipinski definition) is 3. The van der Waals surface area contributed by atoms with E-state index in [-0.39, 0.29) is 0 Å². The molecule has 0 spiro atoms. The van der Waals surface area contributed by atoms with Crippen LogP contribution in [0.3, 0.4) is 0 Å². The minimum Gasteiger partial charge on any atom is -0.495 e. The summed E-state index contributed by atoms with van der Waals surface area (Å²) in [5.41, 5.74) is 3.04. The predicted molar refractivity (Wildman–Crippen MR) is 80.4 cm³/mol. The molecule has 1 aromatic heterocycles. The second kappa shape index (κ2) is 6.17. The molecule has 0 atom stereocenters. The lowest BCUT2D eigenvalue weighted by Crippen LogP contribution is -1.97. The molecule has 100 valence electrons. The topological polar surface area (TPSA) is 37.9 Å². The lowest BCUT2D eigenvalue weighted by Gasteiger charge is -2.10. The molecule has 0 saturated carbocycles. The van der Waals surface area contributed by atoms with Crippen molar-refractivity contribution in [3.63, 3.8) is 0 Å². The molecule has 0 fully saturated rings. The molecule has 0 aliphatic rings. The van der Waals surface area contributed by atoms with E-state index >= 15 is 0 Å². The summed E-state index contributed by atoms with van der Waals surface area (Å²) < 4.78 is 5.89. The van der Waals surface area contributed by atoms with E-state index in [4.69, 9.17) is 28.6 Å². The molecular formula is C14H15ClN2OS. The minimum absolute atomic E-state index is 0.593. The van der Waals surface area contributed by atoms with Gasteiger partial charge >= 0.3 is 0 Å². The van der Waals surface area contributed by atoms with Crippen LogP contribution >= 0.6 is 23.8 Å². The van der Waals surface area contributed by atoms with Gasteiger partial charge in [0.15, 0.2) is 0 Å². The van der Waals surface area contributed by atoms with E-state index < -0.39 is 0 Å². The van der Waals surface area contributed by atoms with Gasteiger partial charge in [-0.15, -0.1) is 0 Å². The van der Waals surface area contributed by atoms with Gasteiger partial charge in [0.2, 0.25) is 0 Å². The Morgan fingerprint density at radius 3 is 2.89 bits per heavy atom. The molecule has 0 aliphatic heterocycles. The number of nitrogens with zero attached hydrogens (tertiary/aromatic N) is 1. The van der Waals surface area contributed by atoms with Gasteiger partial charge in [0.05, 0.1) is 24.2 Å². The molecule has 2 rings (SSSR count). The minimum atomic E-state index is 0.593. The standard InChI is InChI=1S/C14H15ClN2OS/c1-3-4-10-13(16-8-17-14(10)19)9-5-6-11(15)12(7-9)18-2/h5-8H,3-4H2,1-2H3,(H,16,17,19). The number of nitrogens with one attached hydrogen (secondary N) is 1. The summed E-state index contributed by atoms with van der Waals surface area (Å²) in [6.45, 7) is 2.12. The van der Waals surface area contributed by atoms with Crippen LogP contribution in [0.25, 0.3) is 11.3 Å². The van der Waals surface area contributed by atoms with Crippen LogP contribution in [0.5, 0.6) is 5.75 Å². The number of benzene rings is 1. The zero-order valence-corrected chi connectivity index (χ0v) is 12.4. The Morgan fingerprint density at radius 1 is 1.42 bits per heavy atom. The molecule has 1 heterocycles. The molecule has 0 amide bonds. The zero-order chi connectivity index (χ0) is 13.8. The second-order valence-electron chi connectivity index (χ2n) is 4.16. The molecule has 19 heavy (non-hydrogen) atoms. The number of hydrogen-bond donors (Lipinski definition) is 1. The van der Waals surface area contributed by atoms with Crippen molar-refractivity contribution < 1.29 is 4.74 Å². The summed E-state index contributed by atoms with van der Waals surface area (Å²) in [6, 6.07) is 5.68. The third kappa shape index (κ3) is 2.96. The highest BCUT2D eigenvalue weighted by molar-refractivity contribution is 7.71. The van der Waals surface area contributed by atoms with Crippen molar-refractivity contribution in [2.75, 3.05) is 7.11 Å². The first-order valence-corrected chi connectivity index (χ1v) is 6.86. The molecule has 0 bridgehead atoms. The third-order valence-electron chi connectivity index (χ3n) is 2.89. The maximum atomic E-state index is 6.05. The maximum absolute atomic E-state index is 6.05. The van der Waals surface area contributed by atoms with Crippen LogP contribution in [0.2, 0.25) is 5.02 Å². The maximum Gasteiger partial charge on any atom is 0.138 e. The van der Waals surface area contributed by atoms with Crippen LogP contribution in [0.4, 0.5) is 0 Å². The van der Waals surface area contributed by atoms with Crippen LogP contribution in [0, 0.1) is 4.64 Å². The van der Waals surface area contributed by atoms with E-state index in [9.17, 15) is 0 Å². The number of aromatic nitrogens is 2. The second-order valence-corrected chi connectivity index (χ2v) is 4.95. The van der Waals surface area contributed by atoms with Crippen molar-refractivity contribution in [2.45, 2.75) is 19.8 Å². The molecule has 1 aromatic carbocycles. The van der Waals surface area contributed by atoms with E-state index in [2.05, 4.69) is 16.9 Å². The van der Waals surface area contributed by atoms with Crippen molar-refractivity contribution in [1.29, 1.82) is 0 Å². The largest absolute Gasteiger partial charge is 0.495 e. The van der Waals surface area contributed by atoms with Crippen LogP contribution in [-0.2, 0) is 6.42 Å². The Balaban J connectivity index is 2.58. The highest BCUT2D eigenvalue weighted by Crippen LogP contribution is 2.31. The van der Waals surface area contributed by atoms with E-state index in [1.165, 1.54) is 0 Å².